The number of fused-ring (bicyclic) bond motifs is 1. The van der Waals surface area contributed by atoms with Gasteiger partial charge in [0.05, 0.1) is 12.8 Å². The van der Waals surface area contributed by atoms with Gasteiger partial charge < -0.3 is 10.1 Å². The van der Waals surface area contributed by atoms with E-state index in [0.29, 0.717) is 23.9 Å². The minimum absolute atomic E-state index is 0.249. The maximum atomic E-state index is 12.2. The van der Waals surface area contributed by atoms with E-state index >= 15 is 0 Å². The number of rotatable bonds is 2. The van der Waals surface area contributed by atoms with Crippen LogP contribution in [-0.4, -0.2) is 27.3 Å². The molecule has 0 bridgehead atoms. The highest BCUT2D eigenvalue weighted by Crippen LogP contribution is 2.23. The fourth-order valence-electron chi connectivity index (χ4n) is 2.02. The van der Waals surface area contributed by atoms with Gasteiger partial charge in [0.25, 0.3) is 5.91 Å². The molecule has 1 aliphatic rings. The molecule has 0 radical (unpaired) electrons. The number of carbonyl (C=O) groups excluding carboxylic acids is 1. The average Bonchev–Trinajstić information content (AvgIpc) is 2.82. The Morgan fingerprint density at radius 1 is 1.47 bits per heavy atom. The summed E-state index contributed by atoms with van der Waals surface area (Å²) in [6.45, 7) is 3.28. The van der Waals surface area contributed by atoms with Gasteiger partial charge in [-0.3, -0.25) is 4.79 Å². The maximum absolute atomic E-state index is 12.2. The summed E-state index contributed by atoms with van der Waals surface area (Å²) < 4.78 is 7.21. The summed E-state index contributed by atoms with van der Waals surface area (Å²) in [4.78, 5) is 16.4. The molecule has 1 aliphatic heterocycles. The molecule has 1 N–H and O–H groups in total. The largest absolute Gasteiger partial charge is 0.477 e. The summed E-state index contributed by atoms with van der Waals surface area (Å²) in [7, 11) is 0. The number of nitrogens with zero attached hydrogens (tertiary/aromatic N) is 3. The Hall–Kier alpha value is -2.37. The molecule has 0 atom stereocenters. The van der Waals surface area contributed by atoms with Gasteiger partial charge in [-0.25, -0.2) is 9.67 Å². The molecule has 0 aliphatic carbocycles. The summed E-state index contributed by atoms with van der Waals surface area (Å²) in [5.74, 6) is 0.818. The van der Waals surface area contributed by atoms with E-state index in [1.807, 2.05) is 19.1 Å². The average molecular weight is 258 g/mol. The lowest BCUT2D eigenvalue weighted by Gasteiger charge is -2.15. The standard InChI is InChI=1S/C13H14N4O2/c1-9-4-2-5-11(15-9)16-12(18)10-8-14-17-6-3-7-19-13(10)17/h2,4-5,8H,3,6-7H2,1H3,(H,15,16,18). The van der Waals surface area contributed by atoms with Crippen LogP contribution in [0.5, 0.6) is 5.88 Å². The molecule has 0 fully saturated rings. The van der Waals surface area contributed by atoms with Crippen LogP contribution in [0.1, 0.15) is 22.5 Å². The zero-order valence-corrected chi connectivity index (χ0v) is 10.6. The number of pyridine rings is 1. The van der Waals surface area contributed by atoms with E-state index in [-0.39, 0.29) is 5.91 Å². The van der Waals surface area contributed by atoms with Crippen molar-refractivity contribution in [3.63, 3.8) is 0 Å². The van der Waals surface area contributed by atoms with Crippen LogP contribution >= 0.6 is 0 Å². The zero-order chi connectivity index (χ0) is 13.2. The molecule has 98 valence electrons. The third-order valence-corrected chi connectivity index (χ3v) is 2.92. The van der Waals surface area contributed by atoms with Crippen molar-refractivity contribution >= 4 is 11.7 Å². The molecule has 0 aromatic carbocycles. The monoisotopic (exact) mass is 258 g/mol. The predicted octanol–water partition coefficient (Wildman–Crippen LogP) is 1.62. The van der Waals surface area contributed by atoms with Gasteiger partial charge in [-0.1, -0.05) is 6.07 Å². The first-order chi connectivity index (χ1) is 9.24. The number of hydrogen-bond donors (Lipinski definition) is 1. The van der Waals surface area contributed by atoms with Gasteiger partial charge in [-0.05, 0) is 19.1 Å². The molecule has 0 spiro atoms. The molecule has 0 saturated carbocycles. The second-order valence-corrected chi connectivity index (χ2v) is 4.41. The topological polar surface area (TPSA) is 69.0 Å². The molecule has 6 heteroatoms. The third-order valence-electron chi connectivity index (χ3n) is 2.92. The van der Waals surface area contributed by atoms with E-state index in [1.54, 1.807) is 10.7 Å². The molecular weight excluding hydrogens is 244 g/mol. The Balaban J connectivity index is 1.83. The number of aromatic nitrogens is 3. The van der Waals surface area contributed by atoms with Crippen molar-refractivity contribution in [2.75, 3.05) is 11.9 Å². The second-order valence-electron chi connectivity index (χ2n) is 4.41. The van der Waals surface area contributed by atoms with Gasteiger partial charge in [0.15, 0.2) is 0 Å². The predicted molar refractivity (Wildman–Crippen MR) is 69.3 cm³/mol. The minimum Gasteiger partial charge on any atom is -0.477 e. The van der Waals surface area contributed by atoms with Gasteiger partial charge in [0, 0.05) is 18.7 Å². The molecule has 0 saturated heterocycles. The fraction of sp³-hybridized carbons (Fsp3) is 0.308. The Labute approximate surface area is 110 Å². The van der Waals surface area contributed by atoms with Crippen molar-refractivity contribution in [1.29, 1.82) is 0 Å². The van der Waals surface area contributed by atoms with E-state index < -0.39 is 0 Å². The summed E-state index contributed by atoms with van der Waals surface area (Å²) in [6.07, 6.45) is 2.45. The van der Waals surface area contributed by atoms with Crippen LogP contribution in [0.3, 0.4) is 0 Å². The van der Waals surface area contributed by atoms with Crippen LogP contribution in [0.25, 0.3) is 0 Å². The molecule has 2 aromatic heterocycles. The van der Waals surface area contributed by atoms with E-state index in [1.165, 1.54) is 6.20 Å². The Kier molecular flexibility index (Phi) is 2.91. The van der Waals surface area contributed by atoms with Gasteiger partial charge in [0.2, 0.25) is 5.88 Å². The number of anilines is 1. The van der Waals surface area contributed by atoms with Crippen molar-refractivity contribution in [2.24, 2.45) is 0 Å². The highest BCUT2D eigenvalue weighted by Gasteiger charge is 2.21. The number of nitrogens with one attached hydrogen (secondary N) is 1. The smallest absolute Gasteiger partial charge is 0.263 e. The summed E-state index contributed by atoms with van der Waals surface area (Å²) >= 11 is 0. The first-order valence-corrected chi connectivity index (χ1v) is 6.17. The molecule has 3 heterocycles. The normalized spacial score (nSPS) is 13.5. The van der Waals surface area contributed by atoms with E-state index in [9.17, 15) is 4.79 Å². The molecule has 1 amide bonds. The van der Waals surface area contributed by atoms with Crippen LogP contribution in [0.2, 0.25) is 0 Å². The number of carbonyl (C=O) groups is 1. The number of aryl methyl sites for hydroxylation is 2. The zero-order valence-electron chi connectivity index (χ0n) is 10.6. The van der Waals surface area contributed by atoms with Gasteiger partial charge >= 0.3 is 0 Å². The first-order valence-electron chi connectivity index (χ1n) is 6.17. The Bertz CT molecular complexity index is 621. The van der Waals surface area contributed by atoms with E-state index in [0.717, 1.165) is 18.7 Å². The lowest BCUT2D eigenvalue weighted by atomic mass is 10.3. The summed E-state index contributed by atoms with van der Waals surface area (Å²) in [5, 5.41) is 6.90. The second kappa shape index (κ2) is 4.72. The van der Waals surface area contributed by atoms with Crippen LogP contribution in [0.4, 0.5) is 5.82 Å². The third kappa shape index (κ3) is 2.29. The van der Waals surface area contributed by atoms with E-state index in [4.69, 9.17) is 4.74 Å². The van der Waals surface area contributed by atoms with Crippen LogP contribution in [0.15, 0.2) is 24.4 Å². The highest BCUT2D eigenvalue weighted by atomic mass is 16.5. The lowest BCUT2D eigenvalue weighted by Crippen LogP contribution is -2.18. The van der Waals surface area contributed by atoms with Crippen molar-refractivity contribution in [1.82, 2.24) is 14.8 Å². The lowest BCUT2D eigenvalue weighted by molar-refractivity contribution is 0.102. The Morgan fingerprint density at radius 3 is 3.21 bits per heavy atom. The maximum Gasteiger partial charge on any atom is 0.263 e. The quantitative estimate of drug-likeness (QED) is 0.888. The SMILES string of the molecule is Cc1cccc(NC(=O)c2cnn3c2OCCC3)n1. The van der Waals surface area contributed by atoms with Crippen LogP contribution < -0.4 is 10.1 Å². The fourth-order valence-corrected chi connectivity index (χ4v) is 2.02. The van der Waals surface area contributed by atoms with Gasteiger partial charge in [-0.15, -0.1) is 0 Å². The van der Waals surface area contributed by atoms with Crippen LogP contribution in [0, 0.1) is 6.92 Å². The molecule has 6 nitrogen and oxygen atoms in total. The van der Waals surface area contributed by atoms with Crippen molar-refractivity contribution in [2.45, 2.75) is 19.9 Å². The molecule has 3 rings (SSSR count). The summed E-state index contributed by atoms with van der Waals surface area (Å²) in [5.41, 5.74) is 1.30. The molecule has 2 aromatic rings. The van der Waals surface area contributed by atoms with Gasteiger partial charge in [-0.2, -0.15) is 5.10 Å². The number of amides is 1. The van der Waals surface area contributed by atoms with Crippen molar-refractivity contribution in [3.8, 4) is 5.88 Å². The summed E-state index contributed by atoms with van der Waals surface area (Å²) in [6, 6.07) is 5.48. The minimum atomic E-state index is -0.249. The van der Waals surface area contributed by atoms with Gasteiger partial charge in [0.1, 0.15) is 11.4 Å². The van der Waals surface area contributed by atoms with Crippen molar-refractivity contribution in [3.05, 3.63) is 35.7 Å². The van der Waals surface area contributed by atoms with E-state index in [2.05, 4.69) is 15.4 Å². The first kappa shape index (κ1) is 11.7. The molecule has 19 heavy (non-hydrogen) atoms. The van der Waals surface area contributed by atoms with Crippen molar-refractivity contribution < 1.29 is 9.53 Å². The van der Waals surface area contributed by atoms with Crippen LogP contribution in [-0.2, 0) is 6.54 Å². The highest BCUT2D eigenvalue weighted by molar-refractivity contribution is 6.05. The Morgan fingerprint density at radius 2 is 2.37 bits per heavy atom. The number of hydrogen-bond acceptors (Lipinski definition) is 4. The number of ether oxygens (including phenoxy) is 1. The molecule has 0 unspecified atom stereocenters. The molecular formula is C13H14N4O2.